The minimum absolute atomic E-state index is 0.454. The number of rotatable bonds is 1. The molecule has 2 rings (SSSR count). The van der Waals surface area contributed by atoms with Gasteiger partial charge in [0.2, 0.25) is 5.13 Å². The van der Waals surface area contributed by atoms with Gasteiger partial charge in [-0.05, 0) is 34.7 Å². The summed E-state index contributed by atoms with van der Waals surface area (Å²) in [6, 6.07) is 5.70. The number of hydrogen-bond acceptors (Lipinski definition) is 4. The monoisotopic (exact) mass is 337 g/mol. The van der Waals surface area contributed by atoms with Crippen LogP contribution in [0.3, 0.4) is 0 Å². The summed E-state index contributed by atoms with van der Waals surface area (Å²) in [4.78, 5) is 0. The molecule has 0 radical (unpaired) electrons. The number of benzene rings is 1. The van der Waals surface area contributed by atoms with Gasteiger partial charge in [-0.15, -0.1) is 10.2 Å². The van der Waals surface area contributed by atoms with Crippen molar-refractivity contribution in [2.75, 3.05) is 5.73 Å². The van der Waals surface area contributed by atoms with E-state index in [2.05, 4.69) is 32.8 Å². The number of hydrogen-bond donors (Lipinski definition) is 1. The van der Waals surface area contributed by atoms with E-state index in [9.17, 15) is 0 Å². The van der Waals surface area contributed by atoms with Gasteiger partial charge < -0.3 is 5.73 Å². The van der Waals surface area contributed by atoms with Crippen LogP contribution in [-0.4, -0.2) is 10.2 Å². The van der Waals surface area contributed by atoms with Gasteiger partial charge in [0.1, 0.15) is 0 Å². The summed E-state index contributed by atoms with van der Waals surface area (Å²) >= 11 is 9.61. The second-order valence-corrected chi connectivity index (χ2v) is 5.12. The highest BCUT2D eigenvalue weighted by Crippen LogP contribution is 2.34. The van der Waals surface area contributed by atoms with Crippen molar-refractivity contribution in [1.82, 2.24) is 10.2 Å². The molecular formula is C8H5ClIN3S. The smallest absolute Gasteiger partial charge is 0.203 e. The van der Waals surface area contributed by atoms with Gasteiger partial charge >= 0.3 is 0 Å². The van der Waals surface area contributed by atoms with Crippen LogP contribution in [0, 0.1) is 3.57 Å². The number of anilines is 1. The van der Waals surface area contributed by atoms with Gasteiger partial charge in [-0.1, -0.05) is 29.0 Å². The molecule has 0 aliphatic rings. The van der Waals surface area contributed by atoms with Crippen LogP contribution < -0.4 is 5.73 Å². The fourth-order valence-corrected chi connectivity index (χ4v) is 3.14. The first-order valence-corrected chi connectivity index (χ1v) is 5.99. The lowest BCUT2D eigenvalue weighted by Crippen LogP contribution is -1.83. The topological polar surface area (TPSA) is 51.8 Å². The van der Waals surface area contributed by atoms with Gasteiger partial charge in [0, 0.05) is 9.13 Å². The minimum Gasteiger partial charge on any atom is -0.374 e. The Morgan fingerprint density at radius 2 is 2.14 bits per heavy atom. The van der Waals surface area contributed by atoms with Crippen molar-refractivity contribution in [3.63, 3.8) is 0 Å². The maximum absolute atomic E-state index is 6.07. The van der Waals surface area contributed by atoms with E-state index in [1.807, 2.05) is 18.2 Å². The standard InChI is InChI=1S/C8H5ClIN3S/c9-4-2-1-3-5(10)6(4)7-12-13-8(11)14-7/h1-3H,(H2,11,13). The van der Waals surface area contributed by atoms with Crippen molar-refractivity contribution in [2.45, 2.75) is 0 Å². The Morgan fingerprint density at radius 1 is 1.36 bits per heavy atom. The minimum atomic E-state index is 0.454. The van der Waals surface area contributed by atoms with Crippen LogP contribution in [-0.2, 0) is 0 Å². The predicted octanol–water partition coefficient (Wildman–Crippen LogP) is 3.05. The first-order valence-electron chi connectivity index (χ1n) is 3.72. The van der Waals surface area contributed by atoms with E-state index in [-0.39, 0.29) is 0 Å². The molecule has 0 aliphatic carbocycles. The number of nitrogens with zero attached hydrogens (tertiary/aromatic N) is 2. The first kappa shape index (κ1) is 10.1. The van der Waals surface area contributed by atoms with Crippen LogP contribution in [0.1, 0.15) is 0 Å². The highest BCUT2D eigenvalue weighted by molar-refractivity contribution is 14.1. The van der Waals surface area contributed by atoms with Crippen LogP contribution in [0.25, 0.3) is 10.6 Å². The second kappa shape index (κ2) is 4.00. The van der Waals surface area contributed by atoms with Crippen LogP contribution in [0.15, 0.2) is 18.2 Å². The summed E-state index contributed by atoms with van der Waals surface area (Å²) in [5.41, 5.74) is 6.42. The Kier molecular flexibility index (Phi) is 2.89. The molecule has 0 saturated carbocycles. The molecule has 0 atom stereocenters. The molecule has 1 aromatic carbocycles. The zero-order valence-electron chi connectivity index (χ0n) is 6.87. The van der Waals surface area contributed by atoms with E-state index >= 15 is 0 Å². The molecule has 1 heterocycles. The molecular weight excluding hydrogens is 333 g/mol. The lowest BCUT2D eigenvalue weighted by atomic mass is 10.2. The quantitative estimate of drug-likeness (QED) is 0.814. The van der Waals surface area contributed by atoms with Crippen molar-refractivity contribution in [3.8, 4) is 10.6 Å². The Hall–Kier alpha value is -0.400. The molecule has 2 N–H and O–H groups in total. The molecule has 2 aromatic rings. The van der Waals surface area contributed by atoms with E-state index in [0.717, 1.165) is 14.1 Å². The average molecular weight is 338 g/mol. The first-order chi connectivity index (χ1) is 6.68. The van der Waals surface area contributed by atoms with Gasteiger partial charge in [0.25, 0.3) is 0 Å². The van der Waals surface area contributed by atoms with Crippen LogP contribution in [0.4, 0.5) is 5.13 Å². The largest absolute Gasteiger partial charge is 0.374 e. The molecule has 3 nitrogen and oxygen atoms in total. The molecule has 14 heavy (non-hydrogen) atoms. The van der Waals surface area contributed by atoms with Crippen LogP contribution in [0.2, 0.25) is 5.02 Å². The van der Waals surface area contributed by atoms with E-state index in [1.165, 1.54) is 11.3 Å². The van der Waals surface area contributed by atoms with Crippen LogP contribution >= 0.6 is 45.5 Å². The molecule has 0 aliphatic heterocycles. The summed E-state index contributed by atoms with van der Waals surface area (Å²) in [7, 11) is 0. The lowest BCUT2D eigenvalue weighted by molar-refractivity contribution is 1.10. The molecule has 0 bridgehead atoms. The maximum atomic E-state index is 6.07. The molecule has 0 saturated heterocycles. The summed E-state index contributed by atoms with van der Waals surface area (Å²) in [5.74, 6) is 0. The van der Waals surface area contributed by atoms with E-state index < -0.39 is 0 Å². The number of halogens is 2. The van der Waals surface area contributed by atoms with Crippen molar-refractivity contribution in [3.05, 3.63) is 26.8 Å². The molecule has 0 unspecified atom stereocenters. The number of aromatic nitrogens is 2. The second-order valence-electron chi connectivity index (χ2n) is 2.54. The molecule has 1 aromatic heterocycles. The third-order valence-electron chi connectivity index (χ3n) is 1.62. The molecule has 72 valence electrons. The van der Waals surface area contributed by atoms with Gasteiger partial charge in [-0.3, -0.25) is 0 Å². The third kappa shape index (κ3) is 1.84. The van der Waals surface area contributed by atoms with Crippen molar-refractivity contribution in [2.24, 2.45) is 0 Å². The van der Waals surface area contributed by atoms with Gasteiger partial charge in [0.15, 0.2) is 5.01 Å². The van der Waals surface area contributed by atoms with E-state index in [0.29, 0.717) is 10.2 Å². The third-order valence-corrected chi connectivity index (χ3v) is 3.60. The Balaban J connectivity index is 2.61. The fourth-order valence-electron chi connectivity index (χ4n) is 1.04. The fraction of sp³-hybridized carbons (Fsp3) is 0. The summed E-state index contributed by atoms with van der Waals surface area (Å²) in [5, 5.41) is 9.61. The van der Waals surface area contributed by atoms with Crippen LogP contribution in [0.5, 0.6) is 0 Å². The van der Waals surface area contributed by atoms with Crippen molar-refractivity contribution in [1.29, 1.82) is 0 Å². The predicted molar refractivity (Wildman–Crippen MR) is 67.5 cm³/mol. The highest BCUT2D eigenvalue weighted by Gasteiger charge is 2.11. The SMILES string of the molecule is Nc1nnc(-c2c(Cl)cccc2I)s1. The zero-order chi connectivity index (χ0) is 10.1. The van der Waals surface area contributed by atoms with E-state index in [4.69, 9.17) is 17.3 Å². The summed E-state index contributed by atoms with van der Waals surface area (Å²) in [6.45, 7) is 0. The number of nitrogens with two attached hydrogens (primary N) is 1. The normalized spacial score (nSPS) is 10.4. The molecule has 0 fully saturated rings. The molecule has 0 spiro atoms. The van der Waals surface area contributed by atoms with Crippen molar-refractivity contribution >= 4 is 50.7 Å². The molecule has 0 amide bonds. The van der Waals surface area contributed by atoms with Gasteiger partial charge in [0.05, 0.1) is 5.02 Å². The average Bonchev–Trinajstić information content (AvgIpc) is 2.51. The van der Waals surface area contributed by atoms with E-state index in [1.54, 1.807) is 0 Å². The Labute approximate surface area is 103 Å². The molecule has 6 heteroatoms. The number of nitrogen functional groups attached to an aromatic ring is 1. The summed E-state index contributed by atoms with van der Waals surface area (Å²) < 4.78 is 1.05. The van der Waals surface area contributed by atoms with Crippen molar-refractivity contribution < 1.29 is 0 Å². The summed E-state index contributed by atoms with van der Waals surface area (Å²) in [6.07, 6.45) is 0. The lowest BCUT2D eigenvalue weighted by Gasteiger charge is -2.01. The zero-order valence-corrected chi connectivity index (χ0v) is 10.6. The maximum Gasteiger partial charge on any atom is 0.203 e. The van der Waals surface area contributed by atoms with Gasteiger partial charge in [-0.2, -0.15) is 0 Å². The Bertz CT molecular complexity index is 451. The Morgan fingerprint density at radius 3 is 2.71 bits per heavy atom. The van der Waals surface area contributed by atoms with Gasteiger partial charge in [-0.25, -0.2) is 0 Å². The highest BCUT2D eigenvalue weighted by atomic mass is 127.